The minimum absolute atomic E-state index is 0.346. The average molecular weight is 631 g/mol. The summed E-state index contributed by atoms with van der Waals surface area (Å²) in [5.41, 5.74) is 5.57. The number of para-hydroxylation sites is 2. The Morgan fingerprint density at radius 1 is 0.564 bits per heavy atom. The lowest BCUT2D eigenvalue weighted by Gasteiger charge is -2.26. The molecule has 2 aromatic heterocycles. The number of hydrogen-bond acceptors (Lipinski definition) is 1. The second kappa shape index (κ2) is 10.5. The predicted octanol–water partition coefficient (Wildman–Crippen LogP) is 11.6. The molecule has 0 saturated heterocycles. The zero-order chi connectivity index (χ0) is 27.4. The van der Waals surface area contributed by atoms with E-state index in [-0.39, 0.29) is 0 Å². The Morgan fingerprint density at radius 3 is 1.46 bits per heavy atom. The molecule has 0 radical (unpaired) electrons. The van der Waals surface area contributed by atoms with Crippen molar-refractivity contribution in [3.63, 3.8) is 0 Å². The molecule has 0 spiro atoms. The fourth-order valence-corrected chi connectivity index (χ4v) is 7.38. The number of rotatable bonds is 4. The van der Waals surface area contributed by atoms with Gasteiger partial charge in [-0.2, -0.15) is 0 Å². The Bertz CT molecular complexity index is 1790. The molecule has 0 aliphatic heterocycles. The van der Waals surface area contributed by atoms with E-state index in [1.165, 1.54) is 12.4 Å². The van der Waals surface area contributed by atoms with E-state index in [9.17, 15) is 0 Å². The molecule has 6 rings (SSSR count). The van der Waals surface area contributed by atoms with Gasteiger partial charge in [-0.15, -0.1) is 0 Å². The average Bonchev–Trinajstić information content (AvgIpc) is 3.22. The van der Waals surface area contributed by atoms with Crippen molar-refractivity contribution in [1.82, 2.24) is 9.55 Å². The van der Waals surface area contributed by atoms with Gasteiger partial charge in [-0.1, -0.05) is 106 Å². The number of aromatic nitrogens is 2. The van der Waals surface area contributed by atoms with E-state index in [1.54, 1.807) is 0 Å². The lowest BCUT2D eigenvalue weighted by molar-refractivity contribution is 0.968. The molecule has 6 aromatic rings. The third-order valence-corrected chi connectivity index (χ3v) is 8.74. The van der Waals surface area contributed by atoms with Gasteiger partial charge < -0.3 is 4.57 Å². The molecule has 0 aliphatic rings. The minimum Gasteiger partial charge on any atom is -0.309 e. The van der Waals surface area contributed by atoms with Gasteiger partial charge in [0.05, 0.1) is 21.1 Å². The van der Waals surface area contributed by atoms with E-state index in [1.807, 2.05) is 55.5 Å². The lowest BCUT2D eigenvalue weighted by atomic mass is 9.84. The van der Waals surface area contributed by atoms with E-state index >= 15 is 0 Å². The molecule has 1 unspecified atom stereocenters. The van der Waals surface area contributed by atoms with Gasteiger partial charge >= 0.3 is 0 Å². The highest BCUT2D eigenvalue weighted by Gasteiger charge is 2.31. The summed E-state index contributed by atoms with van der Waals surface area (Å²) in [4.78, 5) is 4.12. The molecule has 0 fully saturated rings. The highest BCUT2D eigenvalue weighted by Crippen LogP contribution is 2.49. The van der Waals surface area contributed by atoms with Crippen LogP contribution in [-0.2, 0) is 0 Å². The number of benzene rings is 4. The fraction of sp³-hybridized carbons (Fsp3) is 0.0645. The van der Waals surface area contributed by atoms with Gasteiger partial charge in [0.25, 0.3) is 0 Å². The minimum atomic E-state index is -0.652. The number of pyridine rings is 1. The van der Waals surface area contributed by atoms with Crippen LogP contribution < -0.4 is 0 Å². The Labute approximate surface area is 255 Å². The van der Waals surface area contributed by atoms with Crippen molar-refractivity contribution < 1.29 is 0 Å². The van der Waals surface area contributed by atoms with Crippen molar-refractivity contribution in [3.8, 4) is 5.69 Å². The van der Waals surface area contributed by atoms with Crippen LogP contribution in [0.4, 0.5) is 0 Å². The Hall–Kier alpha value is -2.43. The molecule has 0 aliphatic carbocycles. The van der Waals surface area contributed by atoms with Crippen LogP contribution >= 0.6 is 69.6 Å². The molecule has 0 saturated carbocycles. The summed E-state index contributed by atoms with van der Waals surface area (Å²) in [5.74, 6) is -0.652. The van der Waals surface area contributed by atoms with Crippen LogP contribution in [0.25, 0.3) is 27.5 Å². The smallest absolute Gasteiger partial charge is 0.0645 e. The Morgan fingerprint density at radius 2 is 0.974 bits per heavy atom. The summed E-state index contributed by atoms with van der Waals surface area (Å²) in [6.45, 7) is 1.92. The monoisotopic (exact) mass is 628 g/mol. The predicted molar refractivity (Wildman–Crippen MR) is 167 cm³/mol. The van der Waals surface area contributed by atoms with E-state index in [0.29, 0.717) is 46.8 Å². The molecule has 2 heterocycles. The van der Waals surface area contributed by atoms with Crippen LogP contribution in [-0.4, -0.2) is 9.55 Å². The number of nitrogens with zero attached hydrogens (tertiary/aromatic N) is 2. The molecule has 0 bridgehead atoms. The van der Waals surface area contributed by atoms with Crippen LogP contribution in [0.3, 0.4) is 0 Å². The molecule has 0 amide bonds. The van der Waals surface area contributed by atoms with E-state index in [4.69, 9.17) is 69.6 Å². The maximum absolute atomic E-state index is 7.10. The molecule has 0 N–H and O–H groups in total. The number of aryl methyl sites for hydroxylation is 1. The highest BCUT2D eigenvalue weighted by atomic mass is 35.5. The van der Waals surface area contributed by atoms with E-state index in [2.05, 4.69) is 33.8 Å². The first-order chi connectivity index (χ1) is 18.8. The molecule has 8 heteroatoms. The molecule has 39 heavy (non-hydrogen) atoms. The van der Waals surface area contributed by atoms with E-state index in [0.717, 1.165) is 33.1 Å². The maximum Gasteiger partial charge on any atom is 0.0645 e. The van der Waals surface area contributed by atoms with E-state index < -0.39 is 5.92 Å². The lowest BCUT2D eigenvalue weighted by Crippen LogP contribution is -2.10. The standard InChI is InChI=1S/C31H18Cl6N2/c1-16-10-20(32)28(21(33)11-16)31(30-24(36)14-38-15-25(30)37)29-22(34)12-17(13-23(29)35)39-26-8-4-2-6-18(26)19-7-3-5-9-27(19)39/h2-15,31H,1H3. The summed E-state index contributed by atoms with van der Waals surface area (Å²) in [7, 11) is 0. The van der Waals surface area contributed by atoms with Crippen molar-refractivity contribution >= 4 is 91.4 Å². The first kappa shape index (κ1) is 26.8. The number of fused-ring (bicyclic) bond motifs is 3. The highest BCUT2D eigenvalue weighted by molar-refractivity contribution is 6.39. The zero-order valence-electron chi connectivity index (χ0n) is 20.3. The van der Waals surface area contributed by atoms with Gasteiger partial charge in [0.15, 0.2) is 0 Å². The largest absolute Gasteiger partial charge is 0.309 e. The first-order valence-corrected chi connectivity index (χ1v) is 14.2. The SMILES string of the molecule is Cc1cc(Cl)c(C(c2c(Cl)cncc2Cl)c2c(Cl)cc(-n3c4ccccc4c4ccccc43)cc2Cl)c(Cl)c1. The summed E-state index contributed by atoms with van der Waals surface area (Å²) < 4.78 is 2.15. The van der Waals surface area contributed by atoms with Crippen molar-refractivity contribution in [2.24, 2.45) is 0 Å². The van der Waals surface area contributed by atoms with Gasteiger partial charge in [0, 0.05) is 71.6 Å². The van der Waals surface area contributed by atoms with Gasteiger partial charge in [-0.25, -0.2) is 0 Å². The van der Waals surface area contributed by atoms with Crippen LogP contribution in [0, 0.1) is 6.92 Å². The molecular weight excluding hydrogens is 613 g/mol. The maximum atomic E-state index is 7.10. The van der Waals surface area contributed by atoms with Crippen LogP contribution in [0.2, 0.25) is 30.1 Å². The molecule has 4 aromatic carbocycles. The number of hydrogen-bond donors (Lipinski definition) is 0. The second-order valence-electron chi connectivity index (χ2n) is 9.28. The summed E-state index contributed by atoms with van der Waals surface area (Å²) in [6, 6.07) is 23.9. The molecule has 2 nitrogen and oxygen atoms in total. The third kappa shape index (κ3) is 4.58. The van der Waals surface area contributed by atoms with Crippen molar-refractivity contribution in [3.05, 3.63) is 138 Å². The molecular formula is C31H18Cl6N2. The summed E-state index contributed by atoms with van der Waals surface area (Å²) in [6.07, 6.45) is 3.06. The Balaban J connectivity index is 1.65. The molecule has 1 atom stereocenters. The zero-order valence-corrected chi connectivity index (χ0v) is 24.9. The van der Waals surface area contributed by atoms with Crippen LogP contribution in [0.1, 0.15) is 28.2 Å². The van der Waals surface area contributed by atoms with Crippen molar-refractivity contribution in [2.75, 3.05) is 0 Å². The fourth-order valence-electron chi connectivity index (χ4n) is 5.29. The Kier molecular flexibility index (Phi) is 7.22. The molecule has 194 valence electrons. The van der Waals surface area contributed by atoms with Gasteiger partial charge in [0.1, 0.15) is 0 Å². The van der Waals surface area contributed by atoms with Gasteiger partial charge in [-0.05, 0) is 48.9 Å². The summed E-state index contributed by atoms with van der Waals surface area (Å²) >= 11 is 41.2. The quantitative estimate of drug-likeness (QED) is 0.189. The second-order valence-corrected chi connectivity index (χ2v) is 11.7. The van der Waals surface area contributed by atoms with Gasteiger partial charge in [-0.3, -0.25) is 4.98 Å². The normalized spacial score (nSPS) is 12.4. The van der Waals surface area contributed by atoms with Crippen LogP contribution in [0.5, 0.6) is 0 Å². The first-order valence-electron chi connectivity index (χ1n) is 12.0. The van der Waals surface area contributed by atoms with Crippen molar-refractivity contribution in [1.29, 1.82) is 0 Å². The third-order valence-electron chi connectivity index (χ3n) is 6.88. The van der Waals surface area contributed by atoms with Gasteiger partial charge in [0.2, 0.25) is 0 Å². The number of halogens is 6. The van der Waals surface area contributed by atoms with Crippen molar-refractivity contribution in [2.45, 2.75) is 12.8 Å². The topological polar surface area (TPSA) is 17.8 Å². The van der Waals surface area contributed by atoms with Crippen LogP contribution in [0.15, 0.2) is 85.2 Å². The summed E-state index contributed by atoms with van der Waals surface area (Å²) in [5, 5.41) is 4.70.